The van der Waals surface area contributed by atoms with Crippen molar-refractivity contribution in [1.29, 1.82) is 0 Å². The van der Waals surface area contributed by atoms with Gasteiger partial charge in [-0.1, -0.05) is 44.2 Å². The Hall–Kier alpha value is -1.43. The molecule has 21 heavy (non-hydrogen) atoms. The lowest BCUT2D eigenvalue weighted by molar-refractivity contribution is -0.123. The molecule has 0 saturated carbocycles. The monoisotopic (exact) mass is 293 g/mol. The minimum absolute atomic E-state index is 0.160. The molecule has 1 amide bonds. The molecule has 0 aliphatic carbocycles. The number of benzene rings is 1. The third-order valence-electron chi connectivity index (χ3n) is 3.34. The van der Waals surface area contributed by atoms with Crippen LogP contribution in [0.3, 0.4) is 0 Å². The van der Waals surface area contributed by atoms with Crippen LogP contribution in [0.2, 0.25) is 0 Å². The van der Waals surface area contributed by atoms with Crippen LogP contribution in [0.25, 0.3) is 0 Å². The van der Waals surface area contributed by atoms with E-state index in [-0.39, 0.29) is 11.8 Å². The first-order chi connectivity index (χ1) is 10.1. The summed E-state index contributed by atoms with van der Waals surface area (Å²) in [5.74, 6) is 5.44. The van der Waals surface area contributed by atoms with E-state index in [0.717, 1.165) is 18.7 Å². The first-order valence-corrected chi connectivity index (χ1v) is 7.35. The van der Waals surface area contributed by atoms with Gasteiger partial charge < -0.3 is 4.74 Å². The summed E-state index contributed by atoms with van der Waals surface area (Å²) in [6.07, 6.45) is 0. The molecule has 118 valence electrons. The molecule has 0 fully saturated rings. The number of nitrogens with two attached hydrogens (primary N) is 1. The maximum atomic E-state index is 12.1. The van der Waals surface area contributed by atoms with Crippen molar-refractivity contribution in [2.24, 2.45) is 11.8 Å². The Kier molecular flexibility index (Phi) is 7.97. The number of nitrogens with one attached hydrogen (secondary N) is 1. The van der Waals surface area contributed by atoms with Crippen LogP contribution in [0.4, 0.5) is 0 Å². The van der Waals surface area contributed by atoms with Crippen molar-refractivity contribution in [2.45, 2.75) is 19.8 Å². The molecular formula is C16H27N3O2. The molecule has 0 aliphatic heterocycles. The fraction of sp³-hybridized carbons (Fsp3) is 0.562. The van der Waals surface area contributed by atoms with Gasteiger partial charge in [0.05, 0.1) is 12.5 Å². The molecule has 5 nitrogen and oxygen atoms in total. The fourth-order valence-corrected chi connectivity index (χ4v) is 2.38. The van der Waals surface area contributed by atoms with Gasteiger partial charge in [-0.15, -0.1) is 0 Å². The number of amides is 1. The Balaban J connectivity index is 2.83. The lowest BCUT2D eigenvalue weighted by Crippen LogP contribution is -2.42. The van der Waals surface area contributed by atoms with Crippen molar-refractivity contribution < 1.29 is 9.53 Å². The van der Waals surface area contributed by atoms with Crippen LogP contribution in [0, 0.1) is 5.92 Å². The quantitative estimate of drug-likeness (QED) is 0.410. The number of carbonyl (C=O) groups excluding carboxylic acids is 1. The second-order valence-electron chi connectivity index (χ2n) is 5.62. The molecule has 0 aromatic heterocycles. The van der Waals surface area contributed by atoms with Crippen LogP contribution in [-0.4, -0.2) is 44.2 Å². The van der Waals surface area contributed by atoms with Gasteiger partial charge in [0, 0.05) is 26.7 Å². The molecule has 1 aromatic carbocycles. The standard InChI is InChI=1S/C16H27N3O2/c1-13(2)11-19(9-10-21-3)12-15(16(20)18-17)14-7-5-4-6-8-14/h4-8,13,15H,9-12,17H2,1-3H3,(H,18,20). The normalized spacial score (nSPS) is 12.7. The number of hydrogen-bond acceptors (Lipinski definition) is 4. The van der Waals surface area contributed by atoms with Crippen LogP contribution in [0.1, 0.15) is 25.3 Å². The Morgan fingerprint density at radius 1 is 1.29 bits per heavy atom. The van der Waals surface area contributed by atoms with Crippen molar-refractivity contribution in [2.75, 3.05) is 33.4 Å². The van der Waals surface area contributed by atoms with Crippen molar-refractivity contribution in [3.63, 3.8) is 0 Å². The zero-order chi connectivity index (χ0) is 15.7. The second-order valence-corrected chi connectivity index (χ2v) is 5.62. The molecule has 0 spiro atoms. The highest BCUT2D eigenvalue weighted by atomic mass is 16.5. The molecule has 1 unspecified atom stereocenters. The predicted molar refractivity (Wildman–Crippen MR) is 84.7 cm³/mol. The average molecular weight is 293 g/mol. The zero-order valence-electron chi connectivity index (χ0n) is 13.2. The maximum absolute atomic E-state index is 12.1. The lowest BCUT2D eigenvalue weighted by Gasteiger charge is -2.28. The van der Waals surface area contributed by atoms with Gasteiger partial charge in [-0.2, -0.15) is 0 Å². The summed E-state index contributed by atoms with van der Waals surface area (Å²) in [6.45, 7) is 7.34. The first kappa shape index (κ1) is 17.6. The number of ether oxygens (including phenoxy) is 1. The van der Waals surface area contributed by atoms with Gasteiger partial charge in [-0.05, 0) is 11.5 Å². The number of carbonyl (C=O) groups is 1. The molecule has 1 aromatic rings. The molecule has 0 radical (unpaired) electrons. The first-order valence-electron chi connectivity index (χ1n) is 7.35. The van der Waals surface area contributed by atoms with Crippen LogP contribution < -0.4 is 11.3 Å². The average Bonchev–Trinajstić information content (AvgIpc) is 2.49. The summed E-state index contributed by atoms with van der Waals surface area (Å²) >= 11 is 0. The fourth-order valence-electron chi connectivity index (χ4n) is 2.38. The Labute approximate surface area is 127 Å². The summed E-state index contributed by atoms with van der Waals surface area (Å²) < 4.78 is 5.16. The Morgan fingerprint density at radius 2 is 1.95 bits per heavy atom. The summed E-state index contributed by atoms with van der Waals surface area (Å²) in [6, 6.07) is 9.74. The molecular weight excluding hydrogens is 266 g/mol. The minimum Gasteiger partial charge on any atom is -0.383 e. The van der Waals surface area contributed by atoms with Gasteiger partial charge in [0.1, 0.15) is 0 Å². The van der Waals surface area contributed by atoms with E-state index in [4.69, 9.17) is 10.6 Å². The molecule has 0 heterocycles. The zero-order valence-corrected chi connectivity index (χ0v) is 13.2. The van der Waals surface area contributed by atoms with Crippen LogP contribution >= 0.6 is 0 Å². The SMILES string of the molecule is COCCN(CC(C)C)CC(C(=O)NN)c1ccccc1. The summed E-state index contributed by atoms with van der Waals surface area (Å²) in [5.41, 5.74) is 3.26. The van der Waals surface area contributed by atoms with E-state index in [1.165, 1.54) is 0 Å². The predicted octanol–water partition coefficient (Wildman–Crippen LogP) is 1.36. The summed E-state index contributed by atoms with van der Waals surface area (Å²) in [5, 5.41) is 0. The molecule has 1 rings (SSSR count). The molecule has 1 atom stereocenters. The van der Waals surface area contributed by atoms with Gasteiger partial charge in [-0.25, -0.2) is 5.84 Å². The van der Waals surface area contributed by atoms with Crippen LogP contribution in [0.5, 0.6) is 0 Å². The Bertz CT molecular complexity index is 409. The smallest absolute Gasteiger partial charge is 0.242 e. The molecule has 5 heteroatoms. The number of methoxy groups -OCH3 is 1. The van der Waals surface area contributed by atoms with Crippen LogP contribution in [0.15, 0.2) is 30.3 Å². The maximum Gasteiger partial charge on any atom is 0.242 e. The van der Waals surface area contributed by atoms with E-state index in [1.54, 1.807) is 7.11 Å². The third kappa shape index (κ3) is 6.25. The number of nitrogens with zero attached hydrogens (tertiary/aromatic N) is 1. The molecule has 0 bridgehead atoms. The van der Waals surface area contributed by atoms with Crippen molar-refractivity contribution in [3.8, 4) is 0 Å². The van der Waals surface area contributed by atoms with E-state index in [1.807, 2.05) is 30.3 Å². The largest absolute Gasteiger partial charge is 0.383 e. The van der Waals surface area contributed by atoms with E-state index < -0.39 is 0 Å². The van der Waals surface area contributed by atoms with Crippen molar-refractivity contribution >= 4 is 5.91 Å². The van der Waals surface area contributed by atoms with Gasteiger partial charge in [0.25, 0.3) is 0 Å². The van der Waals surface area contributed by atoms with Gasteiger partial charge in [0.15, 0.2) is 0 Å². The highest BCUT2D eigenvalue weighted by molar-refractivity contribution is 5.83. The molecule has 0 saturated heterocycles. The highest BCUT2D eigenvalue weighted by Crippen LogP contribution is 2.18. The second kappa shape index (κ2) is 9.50. The number of rotatable bonds is 9. The van der Waals surface area contributed by atoms with Gasteiger partial charge in [0.2, 0.25) is 5.91 Å². The van der Waals surface area contributed by atoms with Crippen molar-refractivity contribution in [1.82, 2.24) is 10.3 Å². The lowest BCUT2D eigenvalue weighted by atomic mass is 9.97. The third-order valence-corrected chi connectivity index (χ3v) is 3.34. The van der Waals surface area contributed by atoms with E-state index in [9.17, 15) is 4.79 Å². The van der Waals surface area contributed by atoms with Crippen molar-refractivity contribution in [3.05, 3.63) is 35.9 Å². The highest BCUT2D eigenvalue weighted by Gasteiger charge is 2.23. The minimum atomic E-state index is -0.271. The number of hydrazine groups is 1. The molecule has 3 N–H and O–H groups in total. The van der Waals surface area contributed by atoms with E-state index in [2.05, 4.69) is 24.2 Å². The number of hydrogen-bond donors (Lipinski definition) is 2. The topological polar surface area (TPSA) is 67.6 Å². The van der Waals surface area contributed by atoms with E-state index in [0.29, 0.717) is 19.1 Å². The molecule has 0 aliphatic rings. The van der Waals surface area contributed by atoms with E-state index >= 15 is 0 Å². The summed E-state index contributed by atoms with van der Waals surface area (Å²) in [7, 11) is 1.69. The van der Waals surface area contributed by atoms with Gasteiger partial charge in [-0.3, -0.25) is 15.1 Å². The summed E-state index contributed by atoms with van der Waals surface area (Å²) in [4.78, 5) is 14.4. The Morgan fingerprint density at radius 3 is 2.48 bits per heavy atom. The van der Waals surface area contributed by atoms with Gasteiger partial charge >= 0.3 is 0 Å². The van der Waals surface area contributed by atoms with Crippen LogP contribution in [-0.2, 0) is 9.53 Å².